The molecule has 0 amide bonds. The Hall–Kier alpha value is -0.990. The van der Waals surface area contributed by atoms with E-state index in [1.54, 1.807) is 0 Å². The first-order valence-electron chi connectivity index (χ1n) is 5.96. The fraction of sp³-hybridized carbons (Fsp3) is 0.429. The van der Waals surface area contributed by atoms with Gasteiger partial charge < -0.3 is 9.73 Å². The molecule has 0 aliphatic carbocycles. The molecular formula is C14H18ClNO. The van der Waals surface area contributed by atoms with Gasteiger partial charge in [0, 0.05) is 11.3 Å². The summed E-state index contributed by atoms with van der Waals surface area (Å²) in [7, 11) is 1.97. The molecule has 17 heavy (non-hydrogen) atoms. The summed E-state index contributed by atoms with van der Waals surface area (Å²) in [6, 6.07) is 7.94. The van der Waals surface area contributed by atoms with Crippen molar-refractivity contribution in [3.05, 3.63) is 35.0 Å². The molecule has 0 saturated heterocycles. The van der Waals surface area contributed by atoms with Gasteiger partial charge in [0.1, 0.15) is 5.76 Å². The van der Waals surface area contributed by atoms with Crippen LogP contribution in [0.2, 0.25) is 5.02 Å². The van der Waals surface area contributed by atoms with Crippen molar-refractivity contribution < 1.29 is 4.42 Å². The molecule has 1 N–H and O–H groups in total. The van der Waals surface area contributed by atoms with E-state index >= 15 is 0 Å². The lowest BCUT2D eigenvalue weighted by molar-refractivity contribution is 0.400. The van der Waals surface area contributed by atoms with Crippen LogP contribution in [0.5, 0.6) is 0 Å². The van der Waals surface area contributed by atoms with Crippen molar-refractivity contribution in [2.45, 2.75) is 19.8 Å². The molecule has 1 heterocycles. The minimum atomic E-state index is 0.380. The molecule has 0 spiro atoms. The molecule has 0 aliphatic rings. The van der Waals surface area contributed by atoms with Crippen LogP contribution in [0.25, 0.3) is 11.0 Å². The molecule has 0 aliphatic heterocycles. The lowest BCUT2D eigenvalue weighted by Crippen LogP contribution is -2.20. The van der Waals surface area contributed by atoms with Gasteiger partial charge in [-0.1, -0.05) is 37.6 Å². The van der Waals surface area contributed by atoms with Gasteiger partial charge in [0.2, 0.25) is 0 Å². The van der Waals surface area contributed by atoms with Crippen molar-refractivity contribution in [1.29, 1.82) is 0 Å². The topological polar surface area (TPSA) is 25.2 Å². The van der Waals surface area contributed by atoms with E-state index in [-0.39, 0.29) is 0 Å². The van der Waals surface area contributed by atoms with Gasteiger partial charge in [-0.15, -0.1) is 0 Å². The third-order valence-corrected chi connectivity index (χ3v) is 3.64. The Bertz CT molecular complexity index is 506. The fourth-order valence-corrected chi connectivity index (χ4v) is 2.27. The molecule has 1 aromatic carbocycles. The number of para-hydroxylation sites is 1. The monoisotopic (exact) mass is 251 g/mol. The van der Waals surface area contributed by atoms with Crippen LogP contribution in [0.1, 0.15) is 25.5 Å². The maximum Gasteiger partial charge on any atom is 0.152 e. The van der Waals surface area contributed by atoms with Gasteiger partial charge in [-0.25, -0.2) is 0 Å². The van der Waals surface area contributed by atoms with Crippen molar-refractivity contribution >= 4 is 22.6 Å². The largest absolute Gasteiger partial charge is 0.459 e. The predicted molar refractivity (Wildman–Crippen MR) is 72.7 cm³/mol. The van der Waals surface area contributed by atoms with Crippen molar-refractivity contribution in [3.63, 3.8) is 0 Å². The lowest BCUT2D eigenvalue weighted by atomic mass is 9.93. The van der Waals surface area contributed by atoms with Gasteiger partial charge in [-0.05, 0) is 31.6 Å². The Morgan fingerprint density at radius 1 is 1.35 bits per heavy atom. The number of rotatable bonds is 4. The van der Waals surface area contributed by atoms with Crippen molar-refractivity contribution in [2.75, 3.05) is 13.6 Å². The van der Waals surface area contributed by atoms with Gasteiger partial charge in [-0.3, -0.25) is 0 Å². The molecule has 0 fully saturated rings. The Morgan fingerprint density at radius 3 is 2.76 bits per heavy atom. The van der Waals surface area contributed by atoms with Crippen LogP contribution >= 0.6 is 11.6 Å². The molecule has 2 unspecified atom stereocenters. The number of halogens is 1. The highest BCUT2D eigenvalue weighted by Gasteiger charge is 2.18. The first-order chi connectivity index (χ1) is 8.13. The van der Waals surface area contributed by atoms with E-state index in [0.29, 0.717) is 16.9 Å². The number of furan rings is 1. The number of benzene rings is 1. The molecule has 0 radical (unpaired) electrons. The highest BCUT2D eigenvalue weighted by atomic mass is 35.5. The molecule has 0 saturated carbocycles. The summed E-state index contributed by atoms with van der Waals surface area (Å²) in [5.41, 5.74) is 0.799. The van der Waals surface area contributed by atoms with Crippen LogP contribution in [0, 0.1) is 5.92 Å². The van der Waals surface area contributed by atoms with Gasteiger partial charge >= 0.3 is 0 Å². The Morgan fingerprint density at radius 2 is 2.12 bits per heavy atom. The van der Waals surface area contributed by atoms with Gasteiger partial charge in [0.05, 0.1) is 5.02 Å². The summed E-state index contributed by atoms with van der Waals surface area (Å²) in [4.78, 5) is 0. The third-order valence-electron chi connectivity index (χ3n) is 3.34. The second-order valence-electron chi connectivity index (χ2n) is 4.63. The number of hydrogen-bond donors (Lipinski definition) is 1. The second kappa shape index (κ2) is 5.11. The van der Waals surface area contributed by atoms with E-state index in [2.05, 4.69) is 25.2 Å². The van der Waals surface area contributed by atoms with E-state index < -0.39 is 0 Å². The highest BCUT2D eigenvalue weighted by Crippen LogP contribution is 2.32. The van der Waals surface area contributed by atoms with Crippen molar-refractivity contribution in [1.82, 2.24) is 5.32 Å². The minimum Gasteiger partial charge on any atom is -0.459 e. The summed E-state index contributed by atoms with van der Waals surface area (Å²) in [5.74, 6) is 1.92. The van der Waals surface area contributed by atoms with E-state index in [1.807, 2.05) is 25.2 Å². The molecule has 0 bridgehead atoms. The summed E-state index contributed by atoms with van der Waals surface area (Å²) >= 11 is 6.11. The van der Waals surface area contributed by atoms with Crippen LogP contribution in [-0.4, -0.2) is 13.6 Å². The van der Waals surface area contributed by atoms with Crippen LogP contribution < -0.4 is 5.32 Å². The molecular weight excluding hydrogens is 234 g/mol. The fourth-order valence-electron chi connectivity index (χ4n) is 2.05. The lowest BCUT2D eigenvalue weighted by Gasteiger charge is -2.16. The van der Waals surface area contributed by atoms with E-state index in [4.69, 9.17) is 16.0 Å². The van der Waals surface area contributed by atoms with E-state index in [1.165, 1.54) is 0 Å². The first kappa shape index (κ1) is 12.5. The standard InChI is InChI=1S/C14H18ClNO/c1-9(8-16-3)10(2)13-7-11-5-4-6-12(15)14(11)17-13/h4-7,9-10,16H,8H2,1-3H3. The molecule has 2 atom stereocenters. The molecule has 3 heteroatoms. The zero-order valence-electron chi connectivity index (χ0n) is 10.5. The highest BCUT2D eigenvalue weighted by molar-refractivity contribution is 6.34. The first-order valence-corrected chi connectivity index (χ1v) is 6.34. The SMILES string of the molecule is CNCC(C)C(C)c1cc2cccc(Cl)c2o1. The third kappa shape index (κ3) is 2.48. The average Bonchev–Trinajstić information content (AvgIpc) is 2.73. The summed E-state index contributed by atoms with van der Waals surface area (Å²) in [5, 5.41) is 4.96. The Balaban J connectivity index is 2.33. The summed E-state index contributed by atoms with van der Waals surface area (Å²) in [6.45, 7) is 5.38. The number of fused-ring (bicyclic) bond motifs is 1. The minimum absolute atomic E-state index is 0.380. The van der Waals surface area contributed by atoms with Gasteiger partial charge in [-0.2, -0.15) is 0 Å². The van der Waals surface area contributed by atoms with Crippen LogP contribution in [-0.2, 0) is 0 Å². The Labute approximate surface area is 107 Å². The molecule has 92 valence electrons. The average molecular weight is 252 g/mol. The van der Waals surface area contributed by atoms with E-state index in [0.717, 1.165) is 23.3 Å². The van der Waals surface area contributed by atoms with Crippen molar-refractivity contribution in [2.24, 2.45) is 5.92 Å². The molecule has 1 aromatic heterocycles. The van der Waals surface area contributed by atoms with Crippen LogP contribution in [0.15, 0.2) is 28.7 Å². The molecule has 2 rings (SSSR count). The number of nitrogens with one attached hydrogen (secondary N) is 1. The summed E-state index contributed by atoms with van der Waals surface area (Å²) < 4.78 is 5.87. The molecule has 2 aromatic rings. The van der Waals surface area contributed by atoms with Crippen LogP contribution in [0.3, 0.4) is 0 Å². The van der Waals surface area contributed by atoms with Gasteiger partial charge in [0.15, 0.2) is 5.58 Å². The zero-order valence-corrected chi connectivity index (χ0v) is 11.2. The zero-order chi connectivity index (χ0) is 12.4. The quantitative estimate of drug-likeness (QED) is 0.887. The summed E-state index contributed by atoms with van der Waals surface area (Å²) in [6.07, 6.45) is 0. The number of hydrogen-bond acceptors (Lipinski definition) is 2. The van der Waals surface area contributed by atoms with Gasteiger partial charge in [0.25, 0.3) is 0 Å². The second-order valence-corrected chi connectivity index (χ2v) is 5.04. The Kier molecular flexibility index (Phi) is 3.75. The maximum atomic E-state index is 6.11. The predicted octanol–water partition coefficient (Wildman–Crippen LogP) is 4.05. The van der Waals surface area contributed by atoms with Crippen molar-refractivity contribution in [3.8, 4) is 0 Å². The normalized spacial score (nSPS) is 15.1. The maximum absolute atomic E-state index is 6.11. The smallest absolute Gasteiger partial charge is 0.152 e. The molecule has 2 nitrogen and oxygen atoms in total. The van der Waals surface area contributed by atoms with Crippen LogP contribution in [0.4, 0.5) is 0 Å². The van der Waals surface area contributed by atoms with E-state index in [9.17, 15) is 0 Å².